The number of hydrogen-bond donors (Lipinski definition) is 0. The van der Waals surface area contributed by atoms with Gasteiger partial charge in [-0.25, -0.2) is 18.1 Å². The van der Waals surface area contributed by atoms with Gasteiger partial charge in [-0.1, -0.05) is 36.4 Å². The SMILES string of the molecule is C[n+]1ccn(C(=O)N2CC(c3cc(F)ccc3F)=CC2c2ccccc2)c1. The van der Waals surface area contributed by atoms with Crippen LogP contribution in [0.2, 0.25) is 0 Å². The number of hydrogen-bond acceptors (Lipinski definition) is 1. The first-order valence-electron chi connectivity index (χ1n) is 8.58. The predicted molar refractivity (Wildman–Crippen MR) is 96.6 cm³/mol. The average molecular weight is 366 g/mol. The number of nitrogens with zero attached hydrogens (tertiary/aromatic N) is 3. The summed E-state index contributed by atoms with van der Waals surface area (Å²) >= 11 is 0. The summed E-state index contributed by atoms with van der Waals surface area (Å²) < 4.78 is 31.2. The highest BCUT2D eigenvalue weighted by molar-refractivity contribution is 5.83. The smallest absolute Gasteiger partial charge is 0.289 e. The molecule has 2 aromatic carbocycles. The summed E-state index contributed by atoms with van der Waals surface area (Å²) in [5, 5.41) is 0. The lowest BCUT2D eigenvalue weighted by Gasteiger charge is -2.22. The molecule has 0 fully saturated rings. The third-order valence-electron chi connectivity index (χ3n) is 4.69. The Labute approximate surface area is 155 Å². The molecule has 1 atom stereocenters. The summed E-state index contributed by atoms with van der Waals surface area (Å²) in [7, 11) is 1.83. The van der Waals surface area contributed by atoms with Crippen LogP contribution in [-0.4, -0.2) is 22.0 Å². The fraction of sp³-hybridized carbons (Fsp3) is 0.143. The molecule has 0 saturated carbocycles. The molecular formula is C21H18F2N3O+. The first-order chi connectivity index (χ1) is 13.0. The van der Waals surface area contributed by atoms with Gasteiger partial charge in [-0.15, -0.1) is 0 Å². The Morgan fingerprint density at radius 1 is 1.15 bits per heavy atom. The lowest BCUT2D eigenvalue weighted by Crippen LogP contribution is -2.35. The van der Waals surface area contributed by atoms with Gasteiger partial charge in [-0.2, -0.15) is 4.57 Å². The molecule has 0 bridgehead atoms. The van der Waals surface area contributed by atoms with E-state index in [0.717, 1.165) is 17.7 Å². The van der Waals surface area contributed by atoms with Gasteiger partial charge in [0.2, 0.25) is 0 Å². The Morgan fingerprint density at radius 2 is 1.93 bits per heavy atom. The Hall–Kier alpha value is -3.28. The van der Waals surface area contributed by atoms with E-state index in [1.54, 1.807) is 28.2 Å². The molecule has 1 aromatic heterocycles. The van der Waals surface area contributed by atoms with Crippen LogP contribution in [0, 0.1) is 11.6 Å². The molecule has 1 amide bonds. The normalized spacial score (nSPS) is 16.5. The van der Waals surface area contributed by atoms with Crippen LogP contribution in [0.1, 0.15) is 17.2 Å². The second-order valence-corrected chi connectivity index (χ2v) is 6.57. The zero-order chi connectivity index (χ0) is 19.0. The molecule has 0 spiro atoms. The first-order valence-corrected chi connectivity index (χ1v) is 8.58. The Kier molecular flexibility index (Phi) is 4.32. The molecule has 1 aliphatic heterocycles. The molecule has 3 aromatic rings. The molecule has 4 rings (SSSR count). The molecule has 0 N–H and O–H groups in total. The number of aromatic nitrogens is 2. The summed E-state index contributed by atoms with van der Waals surface area (Å²) in [5.41, 5.74) is 1.68. The van der Waals surface area contributed by atoms with Crippen LogP contribution in [0.4, 0.5) is 13.6 Å². The topological polar surface area (TPSA) is 29.1 Å². The van der Waals surface area contributed by atoms with Crippen LogP contribution < -0.4 is 4.57 Å². The van der Waals surface area contributed by atoms with E-state index in [9.17, 15) is 13.6 Å². The van der Waals surface area contributed by atoms with E-state index in [1.165, 1.54) is 10.6 Å². The summed E-state index contributed by atoms with van der Waals surface area (Å²) in [4.78, 5) is 14.7. The number of carbonyl (C=O) groups is 1. The van der Waals surface area contributed by atoms with Gasteiger partial charge in [-0.05, 0) is 29.3 Å². The Balaban J connectivity index is 1.75. The van der Waals surface area contributed by atoms with Crippen molar-refractivity contribution >= 4 is 11.6 Å². The second kappa shape index (κ2) is 6.79. The van der Waals surface area contributed by atoms with Gasteiger partial charge < -0.3 is 0 Å². The highest BCUT2D eigenvalue weighted by Crippen LogP contribution is 2.36. The summed E-state index contributed by atoms with van der Waals surface area (Å²) in [6, 6.07) is 12.3. The molecule has 2 heterocycles. The van der Waals surface area contributed by atoms with Gasteiger partial charge in [0.1, 0.15) is 24.0 Å². The zero-order valence-corrected chi connectivity index (χ0v) is 14.7. The summed E-state index contributed by atoms with van der Waals surface area (Å²) in [6.45, 7) is 0.195. The molecule has 27 heavy (non-hydrogen) atoms. The van der Waals surface area contributed by atoms with E-state index in [0.29, 0.717) is 5.57 Å². The van der Waals surface area contributed by atoms with Crippen LogP contribution in [-0.2, 0) is 7.05 Å². The van der Waals surface area contributed by atoms with Gasteiger partial charge in [0.25, 0.3) is 6.33 Å². The van der Waals surface area contributed by atoms with E-state index in [2.05, 4.69) is 0 Å². The minimum Gasteiger partial charge on any atom is -0.289 e. The average Bonchev–Trinajstić information content (AvgIpc) is 3.30. The van der Waals surface area contributed by atoms with Gasteiger partial charge >= 0.3 is 6.03 Å². The Morgan fingerprint density at radius 3 is 2.63 bits per heavy atom. The van der Waals surface area contributed by atoms with E-state index in [1.807, 2.05) is 43.5 Å². The molecule has 0 radical (unpaired) electrons. The number of amides is 1. The molecule has 6 heteroatoms. The Bertz CT molecular complexity index is 1030. The zero-order valence-electron chi connectivity index (χ0n) is 14.7. The number of benzene rings is 2. The maximum absolute atomic E-state index is 14.3. The molecule has 0 aliphatic carbocycles. The highest BCUT2D eigenvalue weighted by atomic mass is 19.1. The fourth-order valence-corrected chi connectivity index (χ4v) is 3.36. The molecule has 1 aliphatic rings. The van der Waals surface area contributed by atoms with Crippen molar-refractivity contribution in [2.75, 3.05) is 6.54 Å². The number of imidazole rings is 1. The molecule has 136 valence electrons. The van der Waals surface area contributed by atoms with Crippen LogP contribution in [0.5, 0.6) is 0 Å². The van der Waals surface area contributed by atoms with E-state index < -0.39 is 11.6 Å². The summed E-state index contributed by atoms with van der Waals surface area (Å²) in [6.07, 6.45) is 6.94. The minimum atomic E-state index is -0.509. The maximum atomic E-state index is 14.3. The molecular weight excluding hydrogens is 348 g/mol. The minimum absolute atomic E-state index is 0.185. The lowest BCUT2D eigenvalue weighted by atomic mass is 10.0. The van der Waals surface area contributed by atoms with Crippen molar-refractivity contribution < 1.29 is 18.1 Å². The standard InChI is InChI=1S/C21H18F2N3O/c1-24-9-10-25(14-24)21(27)26-13-16(18-12-17(22)7-8-19(18)23)11-20(26)15-5-3-2-4-6-15/h2-12,14,20H,13H2,1H3/q+1. The van der Waals surface area contributed by atoms with E-state index >= 15 is 0 Å². The van der Waals surface area contributed by atoms with Crippen molar-refractivity contribution in [3.63, 3.8) is 0 Å². The third kappa shape index (κ3) is 3.26. The molecule has 1 unspecified atom stereocenters. The van der Waals surface area contributed by atoms with E-state index in [4.69, 9.17) is 0 Å². The lowest BCUT2D eigenvalue weighted by molar-refractivity contribution is -0.670. The van der Waals surface area contributed by atoms with Crippen LogP contribution in [0.15, 0.2) is 73.3 Å². The van der Waals surface area contributed by atoms with Crippen molar-refractivity contribution in [1.82, 2.24) is 9.47 Å². The first kappa shape index (κ1) is 17.1. The fourth-order valence-electron chi connectivity index (χ4n) is 3.36. The number of aryl methyl sites for hydroxylation is 1. The molecule has 0 saturated heterocycles. The maximum Gasteiger partial charge on any atom is 0.416 e. The summed E-state index contributed by atoms with van der Waals surface area (Å²) in [5.74, 6) is -1.01. The number of carbonyl (C=O) groups excluding carboxylic acids is 1. The van der Waals surface area contributed by atoms with Gasteiger partial charge in [-0.3, -0.25) is 4.90 Å². The van der Waals surface area contributed by atoms with Crippen molar-refractivity contribution in [3.8, 4) is 0 Å². The number of rotatable bonds is 2. The van der Waals surface area contributed by atoms with E-state index in [-0.39, 0.29) is 24.2 Å². The monoisotopic (exact) mass is 366 g/mol. The predicted octanol–water partition coefficient (Wildman–Crippen LogP) is 3.70. The second-order valence-electron chi connectivity index (χ2n) is 6.57. The number of halogens is 2. The van der Waals surface area contributed by atoms with Gasteiger partial charge in [0, 0.05) is 5.56 Å². The van der Waals surface area contributed by atoms with Crippen molar-refractivity contribution in [3.05, 3.63) is 96.1 Å². The van der Waals surface area contributed by atoms with Crippen molar-refractivity contribution in [2.45, 2.75) is 6.04 Å². The van der Waals surface area contributed by atoms with Gasteiger partial charge in [0.05, 0.1) is 19.6 Å². The van der Waals surface area contributed by atoms with Crippen molar-refractivity contribution in [1.29, 1.82) is 0 Å². The largest absolute Gasteiger partial charge is 0.416 e. The third-order valence-corrected chi connectivity index (χ3v) is 4.69. The van der Waals surface area contributed by atoms with Crippen LogP contribution in [0.3, 0.4) is 0 Å². The van der Waals surface area contributed by atoms with Crippen LogP contribution in [0.25, 0.3) is 5.57 Å². The quantitative estimate of drug-likeness (QED) is 0.636. The van der Waals surface area contributed by atoms with Gasteiger partial charge in [0.15, 0.2) is 0 Å². The van der Waals surface area contributed by atoms with Crippen molar-refractivity contribution in [2.24, 2.45) is 7.05 Å². The van der Waals surface area contributed by atoms with Crippen LogP contribution >= 0.6 is 0 Å². The molecule has 4 nitrogen and oxygen atoms in total. The highest BCUT2D eigenvalue weighted by Gasteiger charge is 2.34.